The molecule has 2 N–H and O–H groups in total. The van der Waals surface area contributed by atoms with Crippen molar-refractivity contribution in [2.75, 3.05) is 12.8 Å². The Hall–Kier alpha value is -3.82. The van der Waals surface area contributed by atoms with Gasteiger partial charge in [0.05, 0.1) is 19.9 Å². The average Bonchev–Trinajstić information content (AvgIpc) is 3.17. The zero-order valence-electron chi connectivity index (χ0n) is 16.7. The molecule has 0 fully saturated rings. The number of pyridine rings is 1. The van der Waals surface area contributed by atoms with Crippen LogP contribution in [0.5, 0.6) is 5.75 Å². The Bertz CT molecular complexity index is 1300. The standard InChI is InChI=1S/C20H20FN7O2/c1-11(2)28-8-4-5-12(19(28)29)9-27-10-15(25-26-27)16-13-6-7-14(21)18(30-3)17(13)24-20(22)23-16/h4-8,10-11H,9H2,1-3H3,(H2,22,23,24). The summed E-state index contributed by atoms with van der Waals surface area (Å²) in [7, 11) is 1.36. The topological polar surface area (TPSA) is 114 Å². The Balaban J connectivity index is 1.76. The monoisotopic (exact) mass is 409 g/mol. The number of hydrogen-bond acceptors (Lipinski definition) is 7. The Kier molecular flexibility index (Phi) is 4.90. The van der Waals surface area contributed by atoms with Gasteiger partial charge in [0.2, 0.25) is 5.95 Å². The lowest BCUT2D eigenvalue weighted by Crippen LogP contribution is -2.25. The second kappa shape index (κ2) is 7.54. The third kappa shape index (κ3) is 3.36. The molecule has 4 rings (SSSR count). The van der Waals surface area contributed by atoms with Gasteiger partial charge in [-0.1, -0.05) is 11.3 Å². The summed E-state index contributed by atoms with van der Waals surface area (Å²) in [6, 6.07) is 6.45. The minimum Gasteiger partial charge on any atom is -0.491 e. The molecule has 1 aromatic carbocycles. The molecule has 0 spiro atoms. The first-order valence-electron chi connectivity index (χ1n) is 9.29. The van der Waals surface area contributed by atoms with Gasteiger partial charge < -0.3 is 15.0 Å². The van der Waals surface area contributed by atoms with Gasteiger partial charge in [0.25, 0.3) is 5.56 Å². The van der Waals surface area contributed by atoms with Crippen LogP contribution in [0.3, 0.4) is 0 Å². The van der Waals surface area contributed by atoms with Crippen molar-refractivity contribution in [2.45, 2.75) is 26.4 Å². The number of ether oxygens (including phenoxy) is 1. The van der Waals surface area contributed by atoms with Gasteiger partial charge in [0, 0.05) is 23.2 Å². The molecule has 0 radical (unpaired) electrons. The highest BCUT2D eigenvalue weighted by atomic mass is 19.1. The molecule has 3 aromatic heterocycles. The number of halogens is 1. The molecule has 154 valence electrons. The number of nitrogens with zero attached hydrogens (tertiary/aromatic N) is 6. The fourth-order valence-electron chi connectivity index (χ4n) is 3.29. The lowest BCUT2D eigenvalue weighted by molar-refractivity contribution is 0.391. The zero-order valence-corrected chi connectivity index (χ0v) is 16.7. The molecule has 0 amide bonds. The molecule has 0 aliphatic rings. The Morgan fingerprint density at radius 1 is 1.23 bits per heavy atom. The molecular formula is C20H20FN7O2. The number of nitrogen functional groups attached to an aromatic ring is 1. The van der Waals surface area contributed by atoms with Gasteiger partial charge in [-0.2, -0.15) is 0 Å². The van der Waals surface area contributed by atoms with Gasteiger partial charge in [0.1, 0.15) is 16.9 Å². The minimum absolute atomic E-state index is 0.0197. The van der Waals surface area contributed by atoms with Gasteiger partial charge in [-0.05, 0) is 32.0 Å². The van der Waals surface area contributed by atoms with Crippen LogP contribution in [0.2, 0.25) is 0 Å². The number of fused-ring (bicyclic) bond motifs is 1. The predicted molar refractivity (Wildman–Crippen MR) is 110 cm³/mol. The van der Waals surface area contributed by atoms with Gasteiger partial charge in [0.15, 0.2) is 11.6 Å². The van der Waals surface area contributed by atoms with Crippen LogP contribution in [0.1, 0.15) is 25.5 Å². The van der Waals surface area contributed by atoms with Crippen molar-refractivity contribution in [3.05, 3.63) is 58.4 Å². The molecule has 0 atom stereocenters. The van der Waals surface area contributed by atoms with E-state index in [-0.39, 0.29) is 35.4 Å². The number of nitrogens with two attached hydrogens (primary N) is 1. The summed E-state index contributed by atoms with van der Waals surface area (Å²) in [6.45, 7) is 4.14. The molecule has 0 unspecified atom stereocenters. The normalized spacial score (nSPS) is 11.4. The number of aromatic nitrogens is 6. The molecule has 0 saturated carbocycles. The van der Waals surface area contributed by atoms with Crippen LogP contribution in [0.15, 0.2) is 41.5 Å². The van der Waals surface area contributed by atoms with Gasteiger partial charge in [-0.15, -0.1) is 5.10 Å². The summed E-state index contributed by atoms with van der Waals surface area (Å²) in [5.74, 6) is -0.615. The zero-order chi connectivity index (χ0) is 21.4. The maximum Gasteiger partial charge on any atom is 0.255 e. The third-order valence-electron chi connectivity index (χ3n) is 4.72. The van der Waals surface area contributed by atoms with Crippen molar-refractivity contribution in [1.82, 2.24) is 29.5 Å². The van der Waals surface area contributed by atoms with Crippen LogP contribution in [0.25, 0.3) is 22.3 Å². The van der Waals surface area contributed by atoms with E-state index in [1.54, 1.807) is 33.8 Å². The molecule has 0 aliphatic heterocycles. The van der Waals surface area contributed by atoms with Crippen molar-refractivity contribution < 1.29 is 9.13 Å². The second-order valence-electron chi connectivity index (χ2n) is 7.05. The summed E-state index contributed by atoms with van der Waals surface area (Å²) in [5, 5.41) is 8.80. The smallest absolute Gasteiger partial charge is 0.255 e. The van der Waals surface area contributed by atoms with Crippen LogP contribution in [0, 0.1) is 5.82 Å². The first kappa shape index (κ1) is 19.5. The first-order chi connectivity index (χ1) is 14.4. The molecule has 30 heavy (non-hydrogen) atoms. The molecule has 3 heterocycles. The van der Waals surface area contributed by atoms with Crippen molar-refractivity contribution in [1.29, 1.82) is 0 Å². The fraction of sp³-hybridized carbons (Fsp3) is 0.250. The van der Waals surface area contributed by atoms with E-state index in [9.17, 15) is 9.18 Å². The van der Waals surface area contributed by atoms with Crippen molar-refractivity contribution in [3.8, 4) is 17.1 Å². The molecule has 0 bridgehead atoms. The van der Waals surface area contributed by atoms with Crippen LogP contribution in [-0.4, -0.2) is 36.6 Å². The van der Waals surface area contributed by atoms with E-state index < -0.39 is 5.82 Å². The lowest BCUT2D eigenvalue weighted by atomic mass is 10.1. The summed E-state index contributed by atoms with van der Waals surface area (Å²) in [5.41, 5.74) is 7.40. The quantitative estimate of drug-likeness (QED) is 0.538. The van der Waals surface area contributed by atoms with Gasteiger partial charge >= 0.3 is 0 Å². The summed E-state index contributed by atoms with van der Waals surface area (Å²) in [6.07, 6.45) is 3.41. The van der Waals surface area contributed by atoms with Crippen molar-refractivity contribution in [3.63, 3.8) is 0 Å². The van der Waals surface area contributed by atoms with E-state index in [2.05, 4.69) is 20.3 Å². The minimum atomic E-state index is -0.553. The highest BCUT2D eigenvalue weighted by Crippen LogP contribution is 2.32. The molecule has 0 aliphatic carbocycles. The number of anilines is 1. The average molecular weight is 409 g/mol. The summed E-state index contributed by atoms with van der Waals surface area (Å²) < 4.78 is 22.4. The Labute approximate surface area is 170 Å². The molecule has 9 nitrogen and oxygen atoms in total. The third-order valence-corrected chi connectivity index (χ3v) is 4.72. The SMILES string of the molecule is COc1c(F)ccc2c(-c3cn(Cc4cccn(C(C)C)c4=O)nn3)nc(N)nc12. The lowest BCUT2D eigenvalue weighted by Gasteiger charge is -2.11. The van der Waals surface area contributed by atoms with Crippen LogP contribution in [-0.2, 0) is 6.54 Å². The molecule has 4 aromatic rings. The van der Waals surface area contributed by atoms with Crippen molar-refractivity contribution >= 4 is 16.9 Å². The first-order valence-corrected chi connectivity index (χ1v) is 9.29. The van der Waals surface area contributed by atoms with Crippen LogP contribution in [0.4, 0.5) is 10.3 Å². The molecule has 10 heteroatoms. The molecular weight excluding hydrogens is 389 g/mol. The second-order valence-corrected chi connectivity index (χ2v) is 7.05. The van der Waals surface area contributed by atoms with Crippen LogP contribution >= 0.6 is 0 Å². The van der Waals surface area contributed by atoms with E-state index in [4.69, 9.17) is 10.5 Å². The van der Waals surface area contributed by atoms with Crippen LogP contribution < -0.4 is 16.0 Å². The van der Waals surface area contributed by atoms with E-state index in [1.165, 1.54) is 13.2 Å². The fourth-order valence-corrected chi connectivity index (χ4v) is 3.29. The van der Waals surface area contributed by atoms with E-state index in [0.29, 0.717) is 22.3 Å². The molecule has 0 saturated heterocycles. The summed E-state index contributed by atoms with van der Waals surface area (Å²) >= 11 is 0. The summed E-state index contributed by atoms with van der Waals surface area (Å²) in [4.78, 5) is 21.0. The van der Waals surface area contributed by atoms with E-state index in [0.717, 1.165) is 0 Å². The number of hydrogen-bond donors (Lipinski definition) is 1. The van der Waals surface area contributed by atoms with E-state index >= 15 is 0 Å². The van der Waals surface area contributed by atoms with E-state index in [1.807, 2.05) is 19.9 Å². The predicted octanol–water partition coefficient (Wildman–Crippen LogP) is 2.41. The number of rotatable bonds is 5. The van der Waals surface area contributed by atoms with Crippen molar-refractivity contribution in [2.24, 2.45) is 0 Å². The maximum absolute atomic E-state index is 14.1. The largest absolute Gasteiger partial charge is 0.491 e. The van der Waals surface area contributed by atoms with Gasteiger partial charge in [-0.3, -0.25) is 4.79 Å². The Morgan fingerprint density at radius 3 is 2.77 bits per heavy atom. The van der Waals surface area contributed by atoms with Gasteiger partial charge in [-0.25, -0.2) is 19.0 Å². The Morgan fingerprint density at radius 2 is 2.03 bits per heavy atom. The number of methoxy groups -OCH3 is 1. The highest BCUT2D eigenvalue weighted by Gasteiger charge is 2.18. The maximum atomic E-state index is 14.1. The number of benzene rings is 1. The highest BCUT2D eigenvalue weighted by molar-refractivity contribution is 5.95.